The monoisotopic (exact) mass is 510 g/mol. The van der Waals surface area contributed by atoms with E-state index in [0.717, 1.165) is 16.6 Å². The molecule has 0 aliphatic rings. The van der Waals surface area contributed by atoms with Crippen LogP contribution in [0.15, 0.2) is 48.5 Å². The molecule has 0 saturated carbocycles. The van der Waals surface area contributed by atoms with Gasteiger partial charge in [0, 0.05) is 30.2 Å². The summed E-state index contributed by atoms with van der Waals surface area (Å²) in [7, 11) is -3.99. The number of benzene rings is 2. The predicted octanol–water partition coefficient (Wildman–Crippen LogP) is 2.96. The minimum atomic E-state index is -3.99. The Hall–Kier alpha value is -3.18. The average Bonchev–Trinajstić information content (AvgIpc) is 2.78. The summed E-state index contributed by atoms with van der Waals surface area (Å²) in [6.07, 6.45) is 1.20. The third-order valence-corrected chi connectivity index (χ3v) is 6.40. The molecule has 1 atom stereocenters. The van der Waals surface area contributed by atoms with Crippen molar-refractivity contribution in [1.82, 2.24) is 10.2 Å². The van der Waals surface area contributed by atoms with Crippen LogP contribution < -0.4 is 9.62 Å². The number of nitrogens with one attached hydrogen (secondary N) is 1. The van der Waals surface area contributed by atoms with E-state index in [4.69, 9.17) is 11.6 Å². The van der Waals surface area contributed by atoms with Crippen LogP contribution in [0.4, 0.5) is 11.4 Å². The molecule has 0 saturated heterocycles. The Balaban J connectivity index is 2.45. The lowest BCUT2D eigenvalue weighted by molar-refractivity contribution is -0.384. The SMILES string of the molecule is CCNC(=O)C(CC)N(Cc1ccc(Cl)cc1)C(=O)CN(c1cccc([N+](=O)[O-])c1)S(C)(=O)=O. The number of carbonyl (C=O) groups excluding carboxylic acids is 2. The van der Waals surface area contributed by atoms with Crippen LogP contribution >= 0.6 is 11.6 Å². The van der Waals surface area contributed by atoms with Gasteiger partial charge in [0.05, 0.1) is 16.9 Å². The largest absolute Gasteiger partial charge is 0.355 e. The molecule has 184 valence electrons. The van der Waals surface area contributed by atoms with Crippen LogP contribution in [0.3, 0.4) is 0 Å². The highest BCUT2D eigenvalue weighted by Crippen LogP contribution is 2.24. The van der Waals surface area contributed by atoms with Gasteiger partial charge in [-0.05, 0) is 37.1 Å². The molecule has 0 fully saturated rings. The normalized spacial score (nSPS) is 12.0. The molecule has 12 heteroatoms. The van der Waals surface area contributed by atoms with Gasteiger partial charge in [0.2, 0.25) is 21.8 Å². The van der Waals surface area contributed by atoms with Crippen molar-refractivity contribution in [3.8, 4) is 0 Å². The highest BCUT2D eigenvalue weighted by molar-refractivity contribution is 7.92. The first kappa shape index (κ1) is 27.1. The molecule has 2 aromatic rings. The standard InChI is InChI=1S/C22H27ClN4O6S/c1-4-20(22(29)24-5-2)25(14-16-9-11-17(23)12-10-16)21(28)15-26(34(3,32)33)18-7-6-8-19(13-18)27(30)31/h6-13,20H,4-5,14-15H2,1-3H3,(H,24,29). The molecule has 34 heavy (non-hydrogen) atoms. The first-order chi connectivity index (χ1) is 16.0. The topological polar surface area (TPSA) is 130 Å². The summed E-state index contributed by atoms with van der Waals surface area (Å²) < 4.78 is 25.9. The van der Waals surface area contributed by atoms with Crippen LogP contribution in [0.2, 0.25) is 5.02 Å². The van der Waals surface area contributed by atoms with E-state index in [1.54, 1.807) is 38.1 Å². The lowest BCUT2D eigenvalue weighted by atomic mass is 10.1. The Morgan fingerprint density at radius 1 is 1.15 bits per heavy atom. The van der Waals surface area contributed by atoms with E-state index in [2.05, 4.69) is 5.32 Å². The number of nitro benzene ring substituents is 1. The smallest absolute Gasteiger partial charge is 0.271 e. The third-order valence-electron chi connectivity index (χ3n) is 5.01. The van der Waals surface area contributed by atoms with Gasteiger partial charge in [-0.25, -0.2) is 8.42 Å². The number of rotatable bonds is 11. The highest BCUT2D eigenvalue weighted by Gasteiger charge is 2.31. The van der Waals surface area contributed by atoms with Gasteiger partial charge in [0.15, 0.2) is 0 Å². The van der Waals surface area contributed by atoms with Gasteiger partial charge in [0.1, 0.15) is 12.6 Å². The van der Waals surface area contributed by atoms with Crippen molar-refractivity contribution in [2.45, 2.75) is 32.9 Å². The summed E-state index contributed by atoms with van der Waals surface area (Å²) in [5.74, 6) is -1.00. The summed E-state index contributed by atoms with van der Waals surface area (Å²) in [5.41, 5.74) is 0.356. The second-order valence-corrected chi connectivity index (χ2v) is 9.86. The molecule has 0 aliphatic carbocycles. The molecular formula is C22H27ClN4O6S. The maximum absolute atomic E-state index is 13.5. The number of likely N-dealkylation sites (N-methyl/N-ethyl adjacent to an activating group) is 1. The molecule has 2 amide bonds. The van der Waals surface area contributed by atoms with Gasteiger partial charge in [-0.3, -0.25) is 24.0 Å². The molecule has 1 unspecified atom stereocenters. The Kier molecular flexibility index (Phi) is 9.39. The van der Waals surface area contributed by atoms with Gasteiger partial charge < -0.3 is 10.2 Å². The fraction of sp³-hybridized carbons (Fsp3) is 0.364. The second kappa shape index (κ2) is 11.8. The molecule has 0 aromatic heterocycles. The Labute approximate surface area is 203 Å². The fourth-order valence-corrected chi connectivity index (χ4v) is 4.34. The molecule has 0 spiro atoms. The maximum atomic E-state index is 13.5. The van der Waals surface area contributed by atoms with Gasteiger partial charge >= 0.3 is 0 Å². The van der Waals surface area contributed by atoms with Crippen LogP contribution in [0.25, 0.3) is 0 Å². The number of nitrogens with zero attached hydrogens (tertiary/aromatic N) is 3. The molecular weight excluding hydrogens is 484 g/mol. The number of sulfonamides is 1. The number of hydrogen-bond acceptors (Lipinski definition) is 6. The zero-order valence-corrected chi connectivity index (χ0v) is 20.7. The number of amides is 2. The number of carbonyl (C=O) groups is 2. The highest BCUT2D eigenvalue weighted by atomic mass is 35.5. The van der Waals surface area contributed by atoms with Crippen LogP contribution in [0, 0.1) is 10.1 Å². The lowest BCUT2D eigenvalue weighted by Crippen LogP contribution is -2.52. The number of nitro groups is 1. The van der Waals surface area contributed by atoms with Crippen LogP contribution in [0.1, 0.15) is 25.8 Å². The summed E-state index contributed by atoms with van der Waals surface area (Å²) in [5, 5.41) is 14.4. The molecule has 0 radical (unpaired) electrons. The molecule has 0 aliphatic heterocycles. The van der Waals surface area contributed by atoms with E-state index < -0.39 is 33.4 Å². The summed E-state index contributed by atoms with van der Waals surface area (Å²) in [6.45, 7) is 3.27. The van der Waals surface area contributed by atoms with Gasteiger partial charge in [0.25, 0.3) is 5.69 Å². The molecule has 10 nitrogen and oxygen atoms in total. The Bertz CT molecular complexity index is 1140. The molecule has 1 N–H and O–H groups in total. The average molecular weight is 511 g/mol. The van der Waals surface area contributed by atoms with Crippen LogP contribution in [-0.4, -0.2) is 55.4 Å². The van der Waals surface area contributed by atoms with Crippen molar-refractivity contribution >= 4 is 44.8 Å². The molecule has 2 aromatic carbocycles. The van der Waals surface area contributed by atoms with E-state index in [-0.39, 0.29) is 23.8 Å². The Morgan fingerprint density at radius 2 is 1.79 bits per heavy atom. The van der Waals surface area contributed by atoms with Crippen molar-refractivity contribution in [3.63, 3.8) is 0 Å². The lowest BCUT2D eigenvalue weighted by Gasteiger charge is -2.32. The van der Waals surface area contributed by atoms with E-state index in [0.29, 0.717) is 23.6 Å². The van der Waals surface area contributed by atoms with Crippen LogP contribution in [0.5, 0.6) is 0 Å². The maximum Gasteiger partial charge on any atom is 0.271 e. The second-order valence-electron chi connectivity index (χ2n) is 7.51. The number of hydrogen-bond donors (Lipinski definition) is 1. The minimum absolute atomic E-state index is 0.0254. The van der Waals surface area contributed by atoms with Gasteiger partial charge in [-0.2, -0.15) is 0 Å². The van der Waals surface area contributed by atoms with Crippen molar-refractivity contribution in [2.24, 2.45) is 0 Å². The van der Waals surface area contributed by atoms with Gasteiger partial charge in [-0.1, -0.05) is 36.7 Å². The first-order valence-electron chi connectivity index (χ1n) is 10.5. The third kappa shape index (κ3) is 7.16. The van der Waals surface area contributed by atoms with E-state index in [1.807, 2.05) is 0 Å². The van der Waals surface area contributed by atoms with E-state index in [1.165, 1.54) is 23.1 Å². The molecule has 2 rings (SSSR count). The van der Waals surface area contributed by atoms with Crippen molar-refractivity contribution in [1.29, 1.82) is 0 Å². The molecule has 0 heterocycles. The number of anilines is 1. The van der Waals surface area contributed by atoms with Gasteiger partial charge in [-0.15, -0.1) is 0 Å². The quantitative estimate of drug-likeness (QED) is 0.365. The zero-order chi connectivity index (χ0) is 25.5. The summed E-state index contributed by atoms with van der Waals surface area (Å²) >= 11 is 5.95. The van der Waals surface area contributed by atoms with Crippen LogP contribution in [-0.2, 0) is 26.2 Å². The minimum Gasteiger partial charge on any atom is -0.355 e. The van der Waals surface area contributed by atoms with Crippen molar-refractivity contribution in [3.05, 3.63) is 69.2 Å². The predicted molar refractivity (Wildman–Crippen MR) is 130 cm³/mol. The van der Waals surface area contributed by atoms with E-state index >= 15 is 0 Å². The Morgan fingerprint density at radius 3 is 2.32 bits per heavy atom. The zero-order valence-electron chi connectivity index (χ0n) is 19.1. The fourth-order valence-electron chi connectivity index (χ4n) is 3.37. The first-order valence-corrected chi connectivity index (χ1v) is 12.7. The number of halogens is 1. The van der Waals surface area contributed by atoms with Crippen molar-refractivity contribution in [2.75, 3.05) is 23.7 Å². The summed E-state index contributed by atoms with van der Waals surface area (Å²) in [6, 6.07) is 10.9. The number of non-ortho nitro benzene ring substituents is 1. The summed E-state index contributed by atoms with van der Waals surface area (Å²) in [4.78, 5) is 38.0. The van der Waals surface area contributed by atoms with Crippen molar-refractivity contribution < 1.29 is 22.9 Å². The van der Waals surface area contributed by atoms with E-state index in [9.17, 15) is 28.1 Å². The molecule has 0 bridgehead atoms.